The molecule has 0 radical (unpaired) electrons. The Morgan fingerprint density at radius 2 is 1.71 bits per heavy atom. The molecule has 0 heterocycles. The minimum Gasteiger partial charge on any atom is -1.00 e. The molecule has 1 aliphatic carbocycles. The van der Waals surface area contributed by atoms with Gasteiger partial charge in [-0.15, -0.1) is 0 Å². The van der Waals surface area contributed by atoms with Gasteiger partial charge >= 0.3 is 0 Å². The number of aryl methyl sites for hydroxylation is 2. The van der Waals surface area contributed by atoms with Crippen LogP contribution in [0.4, 0.5) is 0 Å². The zero-order valence-electron chi connectivity index (χ0n) is 14.3. The predicted molar refractivity (Wildman–Crippen MR) is 95.2 cm³/mol. The lowest BCUT2D eigenvalue weighted by Gasteiger charge is -2.31. The van der Waals surface area contributed by atoms with Crippen molar-refractivity contribution in [2.24, 2.45) is 0 Å². The van der Waals surface area contributed by atoms with E-state index in [2.05, 4.69) is 38.4 Å². The summed E-state index contributed by atoms with van der Waals surface area (Å²) in [5.41, 5.74) is 3.56. The van der Waals surface area contributed by atoms with Crippen LogP contribution in [0.5, 0.6) is 0 Å². The maximum atomic E-state index is 11.7. The first kappa shape index (κ1) is 19.3. The molecule has 130 valence electrons. The van der Waals surface area contributed by atoms with Gasteiger partial charge in [-0.2, -0.15) is 0 Å². The summed E-state index contributed by atoms with van der Waals surface area (Å²) < 4.78 is 0. The minimum absolute atomic E-state index is 0. The van der Waals surface area contributed by atoms with Crippen LogP contribution in [0.1, 0.15) is 35.1 Å². The van der Waals surface area contributed by atoms with E-state index in [1.807, 2.05) is 18.2 Å². The van der Waals surface area contributed by atoms with Crippen LogP contribution in [-0.4, -0.2) is 25.7 Å². The second-order valence-corrected chi connectivity index (χ2v) is 7.32. The maximum absolute atomic E-state index is 11.7. The molecular weight excluding hydrogens is 341 g/mol. The summed E-state index contributed by atoms with van der Waals surface area (Å²) >= 11 is 6.25. The highest BCUT2D eigenvalue weighted by atomic mass is 35.5. The average Bonchev–Trinajstić information content (AvgIpc) is 2.64. The van der Waals surface area contributed by atoms with Crippen LogP contribution in [0.25, 0.3) is 0 Å². The number of aliphatic hydroxyl groups is 1. The van der Waals surface area contributed by atoms with Gasteiger partial charge in [0.1, 0.15) is 5.60 Å². The second kappa shape index (κ2) is 7.88. The van der Waals surface area contributed by atoms with Crippen molar-refractivity contribution in [1.82, 2.24) is 0 Å². The Morgan fingerprint density at radius 3 is 2.42 bits per heavy atom. The number of rotatable bonds is 4. The van der Waals surface area contributed by atoms with Gasteiger partial charge in [0.15, 0.2) is 0 Å². The summed E-state index contributed by atoms with van der Waals surface area (Å²) in [7, 11) is 4.30. The predicted octanol–water partition coefficient (Wildman–Crippen LogP) is -0.397. The van der Waals surface area contributed by atoms with E-state index in [4.69, 9.17) is 11.6 Å². The number of halogens is 2. The SMILES string of the molecule is C[NH+](C)CCCC1(O)c2ccccc2CCc2ccc(Cl)cc21.[Cl-]. The summed E-state index contributed by atoms with van der Waals surface area (Å²) in [6.45, 7) is 1.04. The van der Waals surface area contributed by atoms with Crippen molar-refractivity contribution in [3.05, 3.63) is 69.7 Å². The molecule has 1 aliphatic rings. The molecule has 2 aromatic carbocycles. The van der Waals surface area contributed by atoms with Crippen LogP contribution in [0, 0.1) is 0 Å². The van der Waals surface area contributed by atoms with Crippen molar-refractivity contribution in [2.75, 3.05) is 20.6 Å². The first-order valence-electron chi connectivity index (χ1n) is 8.39. The van der Waals surface area contributed by atoms with Crippen LogP contribution in [-0.2, 0) is 18.4 Å². The molecule has 2 N–H and O–H groups in total. The molecule has 2 nitrogen and oxygen atoms in total. The van der Waals surface area contributed by atoms with Gasteiger partial charge in [-0.1, -0.05) is 41.9 Å². The maximum Gasteiger partial charge on any atom is 0.115 e. The summed E-state index contributed by atoms with van der Waals surface area (Å²) in [6, 6.07) is 14.3. The van der Waals surface area contributed by atoms with Gasteiger partial charge in [-0.25, -0.2) is 0 Å². The van der Waals surface area contributed by atoms with E-state index >= 15 is 0 Å². The van der Waals surface area contributed by atoms with Crippen molar-refractivity contribution < 1.29 is 22.4 Å². The van der Waals surface area contributed by atoms with E-state index in [-0.39, 0.29) is 12.4 Å². The third-order valence-electron chi connectivity index (χ3n) is 4.86. The topological polar surface area (TPSA) is 24.7 Å². The van der Waals surface area contributed by atoms with Crippen LogP contribution in [0.2, 0.25) is 5.02 Å². The first-order chi connectivity index (χ1) is 11.0. The number of benzene rings is 2. The Kier molecular flexibility index (Phi) is 6.33. The summed E-state index contributed by atoms with van der Waals surface area (Å²) in [5.74, 6) is 0. The Morgan fingerprint density at radius 1 is 1.04 bits per heavy atom. The molecule has 2 aromatic rings. The monoisotopic (exact) mass is 365 g/mol. The minimum atomic E-state index is -0.942. The third kappa shape index (κ3) is 3.78. The lowest BCUT2D eigenvalue weighted by Crippen LogP contribution is -3.05. The van der Waals surface area contributed by atoms with Crippen LogP contribution >= 0.6 is 11.6 Å². The van der Waals surface area contributed by atoms with Gasteiger partial charge in [0.2, 0.25) is 0 Å². The Hall–Kier alpha value is -1.06. The summed E-state index contributed by atoms with van der Waals surface area (Å²) in [6.07, 6.45) is 3.61. The van der Waals surface area contributed by atoms with E-state index < -0.39 is 5.60 Å². The fourth-order valence-corrected chi connectivity index (χ4v) is 3.85. The van der Waals surface area contributed by atoms with Crippen LogP contribution < -0.4 is 17.3 Å². The molecule has 0 spiro atoms. The van der Waals surface area contributed by atoms with Crippen LogP contribution in [0.3, 0.4) is 0 Å². The normalized spacial score (nSPS) is 19.2. The van der Waals surface area contributed by atoms with Crippen LogP contribution in [0.15, 0.2) is 42.5 Å². The number of fused-ring (bicyclic) bond motifs is 2. The van der Waals surface area contributed by atoms with Gasteiger partial charge < -0.3 is 22.4 Å². The largest absolute Gasteiger partial charge is 1.00 e. The number of hydrogen-bond acceptors (Lipinski definition) is 1. The van der Waals surface area contributed by atoms with Crippen molar-refractivity contribution in [3.8, 4) is 0 Å². The fraction of sp³-hybridized carbons (Fsp3) is 0.400. The Labute approximate surface area is 155 Å². The zero-order chi connectivity index (χ0) is 16.4. The number of hydrogen-bond donors (Lipinski definition) is 2. The molecule has 3 rings (SSSR count). The average molecular weight is 366 g/mol. The number of quaternary nitrogens is 1. The molecule has 1 unspecified atom stereocenters. The van der Waals surface area contributed by atoms with Crippen molar-refractivity contribution in [3.63, 3.8) is 0 Å². The molecule has 0 bridgehead atoms. The van der Waals surface area contributed by atoms with E-state index in [1.165, 1.54) is 16.0 Å². The van der Waals surface area contributed by atoms with Gasteiger partial charge in [0.05, 0.1) is 20.6 Å². The Balaban J connectivity index is 0.00000208. The van der Waals surface area contributed by atoms with E-state index in [9.17, 15) is 5.11 Å². The standard InChI is InChI=1S/C20H24ClNO.ClH/c1-22(2)13-5-12-20(23)18-7-4-3-6-15(18)8-9-16-10-11-17(21)14-19(16)20;/h3-4,6-7,10-11,14,23H,5,8-9,12-13H2,1-2H3;1H. The number of nitrogens with one attached hydrogen (secondary N) is 1. The highest BCUT2D eigenvalue weighted by Crippen LogP contribution is 2.41. The molecule has 0 fully saturated rings. The fourth-order valence-electron chi connectivity index (χ4n) is 3.68. The van der Waals surface area contributed by atoms with Crippen molar-refractivity contribution in [1.29, 1.82) is 0 Å². The second-order valence-electron chi connectivity index (χ2n) is 6.88. The molecule has 4 heteroatoms. The van der Waals surface area contributed by atoms with E-state index in [0.29, 0.717) is 5.02 Å². The zero-order valence-corrected chi connectivity index (χ0v) is 15.8. The first-order valence-corrected chi connectivity index (χ1v) is 8.77. The molecule has 0 aromatic heterocycles. The molecule has 0 aliphatic heterocycles. The quantitative estimate of drug-likeness (QED) is 0.757. The Bertz CT molecular complexity index is 702. The molecule has 0 saturated carbocycles. The van der Waals surface area contributed by atoms with E-state index in [0.717, 1.165) is 43.4 Å². The summed E-state index contributed by atoms with van der Waals surface area (Å²) in [5, 5.41) is 12.4. The van der Waals surface area contributed by atoms with Gasteiger partial charge in [-0.3, -0.25) is 0 Å². The lowest BCUT2D eigenvalue weighted by molar-refractivity contribution is -0.858. The van der Waals surface area contributed by atoms with E-state index in [1.54, 1.807) is 0 Å². The van der Waals surface area contributed by atoms with Gasteiger partial charge in [-0.05, 0) is 60.1 Å². The van der Waals surface area contributed by atoms with Gasteiger partial charge in [0, 0.05) is 5.02 Å². The lowest BCUT2D eigenvalue weighted by atomic mass is 9.80. The molecule has 24 heavy (non-hydrogen) atoms. The third-order valence-corrected chi connectivity index (χ3v) is 5.09. The molecule has 1 atom stereocenters. The van der Waals surface area contributed by atoms with Gasteiger partial charge in [0.25, 0.3) is 0 Å². The summed E-state index contributed by atoms with van der Waals surface area (Å²) in [4.78, 5) is 1.40. The van der Waals surface area contributed by atoms with Crippen molar-refractivity contribution in [2.45, 2.75) is 31.3 Å². The smallest absolute Gasteiger partial charge is 0.115 e. The molecule has 0 saturated heterocycles. The highest BCUT2D eigenvalue weighted by Gasteiger charge is 2.37. The highest BCUT2D eigenvalue weighted by molar-refractivity contribution is 6.30. The molecular formula is C20H25Cl2NO. The molecule has 0 amide bonds. The van der Waals surface area contributed by atoms with Crippen molar-refractivity contribution >= 4 is 11.6 Å².